The van der Waals surface area contributed by atoms with Crippen LogP contribution < -0.4 is 5.32 Å². The molecule has 2 N–H and O–H groups in total. The van der Waals surface area contributed by atoms with Crippen molar-refractivity contribution in [2.24, 2.45) is 45.8 Å². The molecule has 9 atom stereocenters. The fraction of sp³-hybridized carbons (Fsp3) is 0.667. The number of aliphatic carboxylic acids is 1. The number of sulfonamides is 1. The molecule has 5 aliphatic rings. The highest BCUT2D eigenvalue weighted by Crippen LogP contribution is 2.82. The summed E-state index contributed by atoms with van der Waals surface area (Å²) in [4.78, 5) is 38.4. The number of ether oxygens (including phenoxy) is 2. The minimum Gasteiger partial charge on any atom is -0.481 e. The number of aldehydes is 1. The second-order valence-electron chi connectivity index (χ2n) is 14.2. The van der Waals surface area contributed by atoms with E-state index in [1.165, 1.54) is 23.4 Å². The maximum atomic E-state index is 13.7. The van der Waals surface area contributed by atoms with Crippen LogP contribution in [0.2, 0.25) is 0 Å². The number of nitrogens with one attached hydrogen (secondary N) is 1. The highest BCUT2D eigenvalue weighted by Gasteiger charge is 2.84. The lowest BCUT2D eigenvalue weighted by molar-refractivity contribution is -0.229. The minimum atomic E-state index is -3.91. The van der Waals surface area contributed by atoms with Gasteiger partial charge in [0.1, 0.15) is 11.7 Å². The molecule has 6 rings (SSSR count). The Morgan fingerprint density at radius 2 is 1.86 bits per heavy atom. The third kappa shape index (κ3) is 4.22. The lowest BCUT2D eigenvalue weighted by Gasteiger charge is -2.58. The van der Waals surface area contributed by atoms with Gasteiger partial charge in [0.25, 0.3) is 0 Å². The monoisotopic (exact) mass is 628 g/mol. The molecule has 3 saturated carbocycles. The van der Waals surface area contributed by atoms with E-state index in [9.17, 15) is 27.9 Å². The highest BCUT2D eigenvalue weighted by molar-refractivity contribution is 7.89. The third-order valence-electron chi connectivity index (χ3n) is 11.7. The molecule has 5 unspecified atom stereocenters. The van der Waals surface area contributed by atoms with Gasteiger partial charge in [-0.3, -0.25) is 9.59 Å². The summed E-state index contributed by atoms with van der Waals surface area (Å²) in [6.45, 7) is 9.55. The molecule has 4 fully saturated rings. The molecule has 0 spiro atoms. The van der Waals surface area contributed by atoms with Crippen LogP contribution >= 0.6 is 0 Å². The van der Waals surface area contributed by atoms with Crippen LogP contribution in [0.5, 0.6) is 0 Å². The Morgan fingerprint density at radius 3 is 2.48 bits per heavy atom. The fourth-order valence-corrected chi connectivity index (χ4v) is 11.6. The van der Waals surface area contributed by atoms with Crippen molar-refractivity contribution in [2.45, 2.75) is 77.6 Å². The number of allylic oxidation sites excluding steroid dienone is 1. The molecule has 0 aromatic heterocycles. The molecule has 1 saturated heterocycles. The topological polar surface area (TPSA) is 139 Å². The number of morpholine rings is 1. The van der Waals surface area contributed by atoms with E-state index in [-0.39, 0.29) is 54.2 Å². The summed E-state index contributed by atoms with van der Waals surface area (Å²) in [6, 6.07) is 6.01. The number of hydrogen-bond donors (Lipinski definition) is 2. The van der Waals surface area contributed by atoms with E-state index in [1.807, 2.05) is 13.8 Å². The van der Waals surface area contributed by atoms with Crippen LogP contribution in [0, 0.1) is 45.8 Å². The van der Waals surface area contributed by atoms with E-state index in [0.29, 0.717) is 24.4 Å². The Hall–Kier alpha value is -2.60. The van der Waals surface area contributed by atoms with E-state index in [0.717, 1.165) is 24.7 Å². The number of carbonyl (C=O) groups excluding carboxylic acids is 2. The van der Waals surface area contributed by atoms with Gasteiger partial charge in [0.2, 0.25) is 15.9 Å². The molecule has 11 heteroatoms. The van der Waals surface area contributed by atoms with Gasteiger partial charge in [-0.25, -0.2) is 8.42 Å². The first-order valence-electron chi connectivity index (χ1n) is 15.8. The standard InChI is InChI=1S/C33H44N2O8S/c1-19(2)28-12-23-13-31(17-36)27-11-6-20(3)26(27)14-32(23,33(28,31)30(38)39)18-42-29-16-35(15-21(4)43-29)44(40,41)25-9-7-24(8-10-25)34-22(5)37/h7-10,12,17,19-21,23,26-27,29H,6,11,13-16,18H2,1-5H3,(H,34,37)(H,38,39)/t20-,21-,23?,26?,27?,29-,31+,32?,33?/m1/s1. The van der Waals surface area contributed by atoms with E-state index in [2.05, 4.69) is 18.3 Å². The Labute approximate surface area is 259 Å². The molecular formula is C33H44N2O8S. The largest absolute Gasteiger partial charge is 0.481 e. The molecule has 240 valence electrons. The van der Waals surface area contributed by atoms with Crippen molar-refractivity contribution in [1.29, 1.82) is 0 Å². The summed E-state index contributed by atoms with van der Waals surface area (Å²) in [5, 5.41) is 13.8. The number of amides is 1. The summed E-state index contributed by atoms with van der Waals surface area (Å²) in [5.41, 5.74) is -1.86. The second-order valence-corrected chi connectivity index (χ2v) is 16.1. The van der Waals surface area contributed by atoms with E-state index in [4.69, 9.17) is 9.47 Å². The number of benzene rings is 1. The van der Waals surface area contributed by atoms with Crippen LogP contribution in [0.1, 0.15) is 60.3 Å². The average Bonchev–Trinajstić information content (AvgIpc) is 3.53. The van der Waals surface area contributed by atoms with Crippen molar-refractivity contribution in [1.82, 2.24) is 4.31 Å². The van der Waals surface area contributed by atoms with Gasteiger partial charge >= 0.3 is 5.97 Å². The Kier molecular flexibility index (Phi) is 7.66. The quantitative estimate of drug-likeness (QED) is 0.305. The zero-order chi connectivity index (χ0) is 31.8. The molecule has 4 bridgehead atoms. The fourth-order valence-electron chi connectivity index (χ4n) is 10.1. The molecule has 1 amide bonds. The number of hydrogen-bond acceptors (Lipinski definition) is 7. The first-order chi connectivity index (χ1) is 20.7. The minimum absolute atomic E-state index is 0.0234. The van der Waals surface area contributed by atoms with Crippen molar-refractivity contribution < 1.29 is 37.4 Å². The van der Waals surface area contributed by atoms with E-state index in [1.54, 1.807) is 19.1 Å². The number of anilines is 1. The summed E-state index contributed by atoms with van der Waals surface area (Å²) in [5.74, 6) is -0.736. The Balaban J connectivity index is 1.30. The Bertz CT molecular complexity index is 1490. The highest BCUT2D eigenvalue weighted by atomic mass is 32.2. The molecule has 0 radical (unpaired) electrons. The maximum absolute atomic E-state index is 13.7. The van der Waals surface area contributed by atoms with Gasteiger partial charge in [0.05, 0.1) is 29.6 Å². The molecule has 1 aromatic carbocycles. The first kappa shape index (κ1) is 31.4. The SMILES string of the molecule is CC(=O)Nc1ccc(S(=O)(=O)N2C[C@H](OCC34CC5C(CC[C@H]5C)[C@@]5(C=O)CC3C=C(C(C)C)C45C(=O)O)O[C@H](C)C2)cc1. The molecule has 4 aliphatic carbocycles. The Morgan fingerprint density at radius 1 is 1.16 bits per heavy atom. The van der Waals surface area contributed by atoms with Crippen LogP contribution in [0.25, 0.3) is 0 Å². The van der Waals surface area contributed by atoms with Crippen molar-refractivity contribution in [3.63, 3.8) is 0 Å². The predicted octanol–water partition coefficient (Wildman–Crippen LogP) is 4.32. The zero-order valence-electron chi connectivity index (χ0n) is 26.1. The molecular weight excluding hydrogens is 584 g/mol. The van der Waals surface area contributed by atoms with Gasteiger partial charge in [-0.1, -0.05) is 38.8 Å². The van der Waals surface area contributed by atoms with Crippen molar-refractivity contribution in [2.75, 3.05) is 25.0 Å². The first-order valence-corrected chi connectivity index (χ1v) is 17.2. The van der Waals surface area contributed by atoms with Crippen molar-refractivity contribution in [3.8, 4) is 0 Å². The van der Waals surface area contributed by atoms with E-state index >= 15 is 0 Å². The van der Waals surface area contributed by atoms with Crippen LogP contribution in [0.3, 0.4) is 0 Å². The third-order valence-corrected chi connectivity index (χ3v) is 13.5. The summed E-state index contributed by atoms with van der Waals surface area (Å²) in [7, 11) is -3.91. The number of carboxylic acids is 1. The lowest BCUT2D eigenvalue weighted by atomic mass is 9.43. The van der Waals surface area contributed by atoms with Gasteiger partial charge in [0, 0.05) is 24.6 Å². The van der Waals surface area contributed by atoms with Crippen LogP contribution in [0.4, 0.5) is 5.69 Å². The second kappa shape index (κ2) is 10.7. The number of carbonyl (C=O) groups is 3. The molecule has 1 heterocycles. The molecule has 1 aliphatic heterocycles. The average molecular weight is 629 g/mol. The zero-order valence-corrected chi connectivity index (χ0v) is 26.9. The van der Waals surface area contributed by atoms with E-state index < -0.39 is 44.6 Å². The van der Waals surface area contributed by atoms with Crippen LogP contribution in [-0.2, 0) is 33.9 Å². The van der Waals surface area contributed by atoms with Gasteiger partial charge in [0.15, 0.2) is 6.29 Å². The van der Waals surface area contributed by atoms with Gasteiger partial charge in [-0.15, -0.1) is 0 Å². The van der Waals surface area contributed by atoms with Gasteiger partial charge in [-0.05, 0) is 80.0 Å². The lowest BCUT2D eigenvalue weighted by Crippen LogP contribution is -2.64. The molecule has 44 heavy (non-hydrogen) atoms. The summed E-state index contributed by atoms with van der Waals surface area (Å²) >= 11 is 0. The number of nitrogens with zero attached hydrogens (tertiary/aromatic N) is 1. The van der Waals surface area contributed by atoms with Crippen LogP contribution in [0.15, 0.2) is 40.8 Å². The van der Waals surface area contributed by atoms with Crippen molar-refractivity contribution in [3.05, 3.63) is 35.9 Å². The van der Waals surface area contributed by atoms with Crippen molar-refractivity contribution >= 4 is 33.9 Å². The van der Waals surface area contributed by atoms with Gasteiger partial charge in [-0.2, -0.15) is 4.31 Å². The molecule has 1 aromatic rings. The summed E-state index contributed by atoms with van der Waals surface area (Å²) in [6.07, 6.45) is 4.75. The maximum Gasteiger partial charge on any atom is 0.315 e. The van der Waals surface area contributed by atoms with Crippen LogP contribution in [-0.4, -0.2) is 68.1 Å². The summed E-state index contributed by atoms with van der Waals surface area (Å²) < 4.78 is 41.3. The van der Waals surface area contributed by atoms with Gasteiger partial charge < -0.3 is 24.7 Å². The number of fused-ring (bicyclic) bond motifs is 2. The predicted molar refractivity (Wildman–Crippen MR) is 162 cm³/mol. The number of carboxylic acid groups (broad SMARTS) is 1. The normalized spacial score (nSPS) is 39.6. The molecule has 10 nitrogen and oxygen atoms in total. The number of rotatable bonds is 9. The smallest absolute Gasteiger partial charge is 0.315 e.